The lowest BCUT2D eigenvalue weighted by molar-refractivity contribution is -0.156. The molecule has 1 saturated carbocycles. The van der Waals surface area contributed by atoms with Crippen molar-refractivity contribution in [1.82, 2.24) is 0 Å². The molecule has 1 fully saturated rings. The highest BCUT2D eigenvalue weighted by Gasteiger charge is 2.46. The molecule has 0 saturated heterocycles. The van der Waals surface area contributed by atoms with Gasteiger partial charge in [0.15, 0.2) is 0 Å². The molecule has 160 valence electrons. The number of thioether (sulfide) groups is 1. The standard InChI is InChI=1S/C24H24FN3O2S/c1-14-9-15(19-11-20(19)23(29)30-24(2,3)4)5-7-18(14)22-27-28(13-31-22)17-6-8-21(25)16(10-17)12-26/h5-10,19-20H,11,13H2,1-4H3. The van der Waals surface area contributed by atoms with E-state index >= 15 is 0 Å². The van der Waals surface area contributed by atoms with Crippen molar-refractivity contribution in [3.8, 4) is 6.07 Å². The molecule has 2 aromatic rings. The summed E-state index contributed by atoms with van der Waals surface area (Å²) < 4.78 is 19.1. The fourth-order valence-electron chi connectivity index (χ4n) is 3.67. The van der Waals surface area contributed by atoms with Crippen molar-refractivity contribution >= 4 is 28.5 Å². The van der Waals surface area contributed by atoms with E-state index in [9.17, 15) is 9.18 Å². The molecule has 0 bridgehead atoms. The first kappa shape index (κ1) is 21.4. The number of carbonyl (C=O) groups is 1. The summed E-state index contributed by atoms with van der Waals surface area (Å²) in [5, 5.41) is 16.4. The first-order valence-electron chi connectivity index (χ1n) is 10.2. The number of hydrazone groups is 1. The van der Waals surface area contributed by atoms with Crippen LogP contribution in [0, 0.1) is 30.0 Å². The summed E-state index contributed by atoms with van der Waals surface area (Å²) in [6.07, 6.45) is 0.822. The Morgan fingerprint density at radius 2 is 2.06 bits per heavy atom. The number of anilines is 1. The normalized spacial score (nSPS) is 20.3. The van der Waals surface area contributed by atoms with Crippen LogP contribution in [0.3, 0.4) is 0 Å². The van der Waals surface area contributed by atoms with Crippen LogP contribution in [0.2, 0.25) is 0 Å². The van der Waals surface area contributed by atoms with E-state index in [1.165, 1.54) is 12.1 Å². The molecule has 0 spiro atoms. The van der Waals surface area contributed by atoms with Gasteiger partial charge < -0.3 is 4.74 Å². The lowest BCUT2D eigenvalue weighted by Gasteiger charge is -2.19. The van der Waals surface area contributed by atoms with E-state index in [0.29, 0.717) is 11.6 Å². The van der Waals surface area contributed by atoms with E-state index in [1.807, 2.05) is 33.8 Å². The van der Waals surface area contributed by atoms with Crippen molar-refractivity contribution in [3.63, 3.8) is 0 Å². The molecule has 1 aliphatic carbocycles. The Balaban J connectivity index is 1.49. The third-order valence-corrected chi connectivity index (χ3v) is 6.26. The molecule has 1 heterocycles. The molecule has 0 radical (unpaired) electrons. The van der Waals surface area contributed by atoms with Gasteiger partial charge in [-0.2, -0.15) is 10.4 Å². The van der Waals surface area contributed by atoms with Gasteiger partial charge in [-0.25, -0.2) is 4.39 Å². The summed E-state index contributed by atoms with van der Waals surface area (Å²) in [7, 11) is 0. The maximum atomic E-state index is 13.6. The molecule has 2 atom stereocenters. The predicted octanol–water partition coefficient (Wildman–Crippen LogP) is 5.32. The third kappa shape index (κ3) is 4.59. The summed E-state index contributed by atoms with van der Waals surface area (Å²) in [4.78, 5) is 12.3. The minimum atomic E-state index is -0.529. The van der Waals surface area contributed by atoms with Crippen molar-refractivity contribution in [1.29, 1.82) is 5.26 Å². The molecule has 2 unspecified atom stereocenters. The Morgan fingerprint density at radius 1 is 1.29 bits per heavy atom. The van der Waals surface area contributed by atoms with Gasteiger partial charge in [-0.15, -0.1) is 0 Å². The Hall–Kier alpha value is -2.85. The zero-order chi connectivity index (χ0) is 22.3. The Bertz CT molecular complexity index is 1120. The van der Waals surface area contributed by atoms with Crippen LogP contribution in [0.25, 0.3) is 0 Å². The molecule has 7 heteroatoms. The van der Waals surface area contributed by atoms with Gasteiger partial charge in [0, 0.05) is 5.56 Å². The number of rotatable bonds is 4. The Morgan fingerprint density at radius 3 is 2.74 bits per heavy atom. The first-order chi connectivity index (χ1) is 14.7. The van der Waals surface area contributed by atoms with E-state index in [-0.39, 0.29) is 23.4 Å². The van der Waals surface area contributed by atoms with Crippen LogP contribution < -0.4 is 5.01 Å². The van der Waals surface area contributed by atoms with Gasteiger partial charge in [0.1, 0.15) is 22.5 Å². The van der Waals surface area contributed by atoms with E-state index < -0.39 is 11.4 Å². The number of nitrogens with zero attached hydrogens (tertiary/aromatic N) is 3. The van der Waals surface area contributed by atoms with Crippen molar-refractivity contribution in [3.05, 3.63) is 64.5 Å². The van der Waals surface area contributed by atoms with Crippen LogP contribution in [0.1, 0.15) is 55.4 Å². The molecule has 2 aromatic carbocycles. The van der Waals surface area contributed by atoms with Gasteiger partial charge in [0.2, 0.25) is 0 Å². The predicted molar refractivity (Wildman–Crippen MR) is 120 cm³/mol. The summed E-state index contributed by atoms with van der Waals surface area (Å²) in [5.41, 5.74) is 3.51. The Kier molecular flexibility index (Phi) is 5.52. The second-order valence-electron chi connectivity index (χ2n) is 8.91. The first-order valence-corrected chi connectivity index (χ1v) is 11.2. The fourth-order valence-corrected chi connectivity index (χ4v) is 4.66. The molecule has 2 aliphatic rings. The summed E-state index contributed by atoms with van der Waals surface area (Å²) in [6, 6.07) is 12.5. The minimum absolute atomic E-state index is 0.00987. The molecule has 4 rings (SSSR count). The number of hydrogen-bond donors (Lipinski definition) is 0. The van der Waals surface area contributed by atoms with Gasteiger partial charge >= 0.3 is 5.97 Å². The van der Waals surface area contributed by atoms with Crippen LogP contribution >= 0.6 is 11.8 Å². The lowest BCUT2D eigenvalue weighted by atomic mass is 10.0. The number of benzene rings is 2. The smallest absolute Gasteiger partial charge is 0.310 e. The highest BCUT2D eigenvalue weighted by atomic mass is 32.2. The van der Waals surface area contributed by atoms with Gasteiger partial charge in [-0.05, 0) is 69.4 Å². The van der Waals surface area contributed by atoms with Crippen LogP contribution in [-0.2, 0) is 9.53 Å². The number of carbonyl (C=O) groups excluding carboxylic acids is 1. The minimum Gasteiger partial charge on any atom is -0.460 e. The van der Waals surface area contributed by atoms with E-state index in [0.717, 1.165) is 28.2 Å². The van der Waals surface area contributed by atoms with Crippen molar-refractivity contribution in [2.75, 3.05) is 10.9 Å². The molecule has 0 N–H and O–H groups in total. The second-order valence-corrected chi connectivity index (χ2v) is 9.84. The summed E-state index contributed by atoms with van der Waals surface area (Å²) in [6.45, 7) is 7.70. The molecule has 1 aliphatic heterocycles. The van der Waals surface area contributed by atoms with Gasteiger partial charge in [0.25, 0.3) is 0 Å². The van der Waals surface area contributed by atoms with Crippen LogP contribution in [0.4, 0.5) is 10.1 Å². The zero-order valence-electron chi connectivity index (χ0n) is 18.0. The average Bonchev–Trinajstić information content (AvgIpc) is 3.37. The monoisotopic (exact) mass is 437 g/mol. The number of hydrogen-bond acceptors (Lipinski definition) is 6. The van der Waals surface area contributed by atoms with E-state index in [1.54, 1.807) is 22.8 Å². The molecule has 5 nitrogen and oxygen atoms in total. The van der Waals surface area contributed by atoms with Crippen LogP contribution in [0.5, 0.6) is 0 Å². The maximum absolute atomic E-state index is 13.6. The highest BCUT2D eigenvalue weighted by Crippen LogP contribution is 2.49. The van der Waals surface area contributed by atoms with Crippen molar-refractivity contribution in [2.24, 2.45) is 11.0 Å². The highest BCUT2D eigenvalue weighted by molar-refractivity contribution is 8.14. The van der Waals surface area contributed by atoms with Gasteiger partial charge in [0.05, 0.1) is 23.0 Å². The molecular weight excluding hydrogens is 413 g/mol. The summed E-state index contributed by atoms with van der Waals surface area (Å²) in [5.74, 6) is 0.0862. The summed E-state index contributed by atoms with van der Waals surface area (Å²) >= 11 is 1.60. The topological polar surface area (TPSA) is 65.7 Å². The Labute approximate surface area is 185 Å². The second kappa shape index (κ2) is 8.01. The quantitative estimate of drug-likeness (QED) is 0.606. The van der Waals surface area contributed by atoms with E-state index in [4.69, 9.17) is 10.00 Å². The van der Waals surface area contributed by atoms with Gasteiger partial charge in [-0.3, -0.25) is 9.80 Å². The number of ether oxygens (including phenoxy) is 1. The van der Waals surface area contributed by atoms with E-state index in [2.05, 4.69) is 23.3 Å². The largest absolute Gasteiger partial charge is 0.460 e. The number of esters is 1. The maximum Gasteiger partial charge on any atom is 0.310 e. The SMILES string of the molecule is Cc1cc(C2CC2C(=O)OC(C)(C)C)ccc1C1=NN(c2ccc(F)c(C#N)c2)CS1. The zero-order valence-corrected chi connectivity index (χ0v) is 18.8. The van der Waals surface area contributed by atoms with Crippen molar-refractivity contribution in [2.45, 2.75) is 45.6 Å². The number of halogens is 1. The number of aryl methyl sites for hydroxylation is 1. The van der Waals surface area contributed by atoms with Crippen LogP contribution in [-0.4, -0.2) is 22.5 Å². The number of nitriles is 1. The molecule has 31 heavy (non-hydrogen) atoms. The fraction of sp³-hybridized carbons (Fsp3) is 0.375. The molecule has 0 amide bonds. The third-order valence-electron chi connectivity index (χ3n) is 5.31. The van der Waals surface area contributed by atoms with Crippen molar-refractivity contribution < 1.29 is 13.9 Å². The molecule has 0 aromatic heterocycles. The van der Waals surface area contributed by atoms with Crippen LogP contribution in [0.15, 0.2) is 41.5 Å². The lowest BCUT2D eigenvalue weighted by Crippen LogP contribution is -2.25. The molecular formula is C24H24FN3O2S. The van der Waals surface area contributed by atoms with Gasteiger partial charge in [-0.1, -0.05) is 30.0 Å². The average molecular weight is 438 g/mol.